The smallest absolute Gasteiger partial charge is 0.286 e. The van der Waals surface area contributed by atoms with E-state index in [4.69, 9.17) is 5.26 Å². The molecule has 2 aromatic carbocycles. The lowest BCUT2D eigenvalue weighted by atomic mass is 10.2. The maximum Gasteiger partial charge on any atom is 0.286 e. The van der Waals surface area contributed by atoms with Gasteiger partial charge in [0.05, 0.1) is 28.3 Å². The van der Waals surface area contributed by atoms with Crippen LogP contribution in [-0.4, -0.2) is 35.4 Å². The Morgan fingerprint density at radius 3 is 2.81 bits per heavy atom. The third-order valence-corrected chi connectivity index (χ3v) is 7.74. The molecule has 0 spiro atoms. The molecule has 1 aromatic heterocycles. The second-order valence-electron chi connectivity index (χ2n) is 6.79. The molecule has 1 saturated heterocycles. The first-order valence-corrected chi connectivity index (χ1v) is 11.6. The van der Waals surface area contributed by atoms with Gasteiger partial charge in [0.2, 0.25) is 15.0 Å². The van der Waals surface area contributed by atoms with Crippen LogP contribution in [0.1, 0.15) is 39.3 Å². The number of hydrogen-bond donors (Lipinski definition) is 1. The van der Waals surface area contributed by atoms with Crippen LogP contribution in [-0.2, 0) is 10.0 Å². The molecule has 4 rings (SSSR count). The third-order valence-electron chi connectivity index (χ3n) is 4.82. The number of aromatic nitrogens is 2. The molecular weight excluding hydrogens is 441 g/mol. The van der Waals surface area contributed by atoms with Crippen LogP contribution >= 0.6 is 11.3 Å². The van der Waals surface area contributed by atoms with E-state index in [1.807, 2.05) is 6.07 Å². The molecule has 1 amide bonds. The molecule has 2 heterocycles. The van der Waals surface area contributed by atoms with Crippen molar-refractivity contribution in [2.45, 2.75) is 23.8 Å². The molecule has 1 aliphatic rings. The number of benzene rings is 2. The van der Waals surface area contributed by atoms with E-state index in [9.17, 15) is 17.6 Å². The lowest BCUT2D eigenvalue weighted by molar-refractivity contribution is 0.102. The first-order chi connectivity index (χ1) is 14.9. The van der Waals surface area contributed by atoms with Crippen LogP contribution < -0.4 is 5.32 Å². The number of anilines is 1. The Balaban J connectivity index is 1.57. The van der Waals surface area contributed by atoms with Crippen LogP contribution in [0.15, 0.2) is 53.4 Å². The summed E-state index contributed by atoms with van der Waals surface area (Å²) in [5, 5.41) is 19.8. The highest BCUT2D eigenvalue weighted by Crippen LogP contribution is 2.38. The van der Waals surface area contributed by atoms with Crippen LogP contribution in [0, 0.1) is 17.1 Å². The number of nitrogens with zero attached hydrogens (tertiary/aromatic N) is 4. The molecule has 1 N–H and O–H groups in total. The monoisotopic (exact) mass is 457 g/mol. The quantitative estimate of drug-likeness (QED) is 0.628. The number of sulfonamides is 1. The predicted octanol–water partition coefficient (Wildman–Crippen LogP) is 3.33. The van der Waals surface area contributed by atoms with Crippen LogP contribution in [0.25, 0.3) is 0 Å². The van der Waals surface area contributed by atoms with E-state index in [1.54, 1.807) is 6.07 Å². The van der Waals surface area contributed by atoms with E-state index in [-0.39, 0.29) is 21.2 Å². The molecule has 1 atom stereocenters. The highest BCUT2D eigenvalue weighted by molar-refractivity contribution is 7.89. The Labute approximate surface area is 182 Å². The zero-order valence-corrected chi connectivity index (χ0v) is 17.7. The van der Waals surface area contributed by atoms with Crippen LogP contribution in [0.2, 0.25) is 0 Å². The number of nitriles is 1. The first kappa shape index (κ1) is 21.0. The summed E-state index contributed by atoms with van der Waals surface area (Å²) in [4.78, 5) is 12.5. The Hall–Kier alpha value is -3.20. The summed E-state index contributed by atoms with van der Waals surface area (Å²) in [6.45, 7) is 0.292. The summed E-state index contributed by atoms with van der Waals surface area (Å²) in [6.07, 6.45) is 1.15. The summed E-state index contributed by atoms with van der Waals surface area (Å²) in [5.41, 5.74) is 0.270. The van der Waals surface area contributed by atoms with E-state index >= 15 is 0 Å². The van der Waals surface area contributed by atoms with Gasteiger partial charge in [0, 0.05) is 6.54 Å². The van der Waals surface area contributed by atoms with Crippen molar-refractivity contribution in [2.24, 2.45) is 0 Å². The van der Waals surface area contributed by atoms with Gasteiger partial charge in [-0.1, -0.05) is 29.5 Å². The van der Waals surface area contributed by atoms with Crippen molar-refractivity contribution in [3.8, 4) is 6.07 Å². The molecule has 0 saturated carbocycles. The van der Waals surface area contributed by atoms with Crippen molar-refractivity contribution in [2.75, 3.05) is 11.9 Å². The molecule has 1 aliphatic heterocycles. The van der Waals surface area contributed by atoms with Gasteiger partial charge in [0.15, 0.2) is 0 Å². The van der Waals surface area contributed by atoms with Gasteiger partial charge in [0.1, 0.15) is 10.8 Å². The summed E-state index contributed by atoms with van der Waals surface area (Å²) in [5.74, 6) is -1.20. The Morgan fingerprint density at radius 2 is 2.03 bits per heavy atom. The van der Waals surface area contributed by atoms with E-state index in [0.29, 0.717) is 24.4 Å². The van der Waals surface area contributed by atoms with Crippen molar-refractivity contribution in [3.63, 3.8) is 0 Å². The van der Waals surface area contributed by atoms with Gasteiger partial charge in [-0.2, -0.15) is 9.57 Å². The number of rotatable bonds is 5. The van der Waals surface area contributed by atoms with Crippen molar-refractivity contribution in [3.05, 3.63) is 69.9 Å². The number of nitrogens with one attached hydrogen (secondary N) is 1. The van der Waals surface area contributed by atoms with Gasteiger partial charge in [-0.25, -0.2) is 12.8 Å². The van der Waals surface area contributed by atoms with Crippen LogP contribution in [0.3, 0.4) is 0 Å². The Kier molecular flexibility index (Phi) is 5.77. The van der Waals surface area contributed by atoms with Crippen molar-refractivity contribution in [1.82, 2.24) is 14.5 Å². The molecule has 0 radical (unpaired) electrons. The number of para-hydroxylation sites is 1. The molecule has 0 aliphatic carbocycles. The zero-order chi connectivity index (χ0) is 22.0. The minimum absolute atomic E-state index is 0.00831. The molecule has 0 unspecified atom stereocenters. The Bertz CT molecular complexity index is 1290. The van der Waals surface area contributed by atoms with Gasteiger partial charge in [0.25, 0.3) is 5.91 Å². The van der Waals surface area contributed by atoms with Gasteiger partial charge in [-0.15, -0.1) is 10.2 Å². The average Bonchev–Trinajstić information content (AvgIpc) is 3.45. The summed E-state index contributed by atoms with van der Waals surface area (Å²) in [6, 6.07) is 13.0. The fraction of sp³-hybridized carbons (Fsp3) is 0.200. The fourth-order valence-electron chi connectivity index (χ4n) is 3.34. The largest absolute Gasteiger partial charge is 0.317 e. The second kappa shape index (κ2) is 8.50. The molecule has 8 nitrogen and oxygen atoms in total. The summed E-state index contributed by atoms with van der Waals surface area (Å²) < 4.78 is 41.4. The number of amides is 1. The average molecular weight is 458 g/mol. The maximum absolute atomic E-state index is 13.8. The predicted molar refractivity (Wildman–Crippen MR) is 111 cm³/mol. The van der Waals surface area contributed by atoms with E-state index in [1.165, 1.54) is 46.8 Å². The highest BCUT2D eigenvalue weighted by atomic mass is 32.2. The number of carbonyl (C=O) groups is 1. The molecule has 3 aromatic rings. The minimum Gasteiger partial charge on any atom is -0.317 e. The topological polar surface area (TPSA) is 116 Å². The highest BCUT2D eigenvalue weighted by Gasteiger charge is 2.38. The second-order valence-corrected chi connectivity index (χ2v) is 9.69. The van der Waals surface area contributed by atoms with Gasteiger partial charge >= 0.3 is 0 Å². The lowest BCUT2D eigenvalue weighted by Gasteiger charge is -2.22. The zero-order valence-electron chi connectivity index (χ0n) is 16.0. The third kappa shape index (κ3) is 4.18. The molecular formula is C20H16FN5O3S2. The van der Waals surface area contributed by atoms with Crippen molar-refractivity contribution < 1.29 is 17.6 Å². The van der Waals surface area contributed by atoms with E-state index in [2.05, 4.69) is 15.5 Å². The number of halogens is 1. The SMILES string of the molecule is N#Cc1cccc(S(=O)(=O)N2CCC[C@@H]2c2nnc(C(=O)Nc3ccccc3F)s2)c1. The normalized spacial score (nSPS) is 16.7. The van der Waals surface area contributed by atoms with Gasteiger partial charge in [-0.05, 0) is 43.2 Å². The summed E-state index contributed by atoms with van der Waals surface area (Å²) >= 11 is 0.971. The van der Waals surface area contributed by atoms with E-state index in [0.717, 1.165) is 11.3 Å². The number of carbonyl (C=O) groups excluding carboxylic acids is 1. The van der Waals surface area contributed by atoms with Crippen LogP contribution in [0.4, 0.5) is 10.1 Å². The molecule has 0 bridgehead atoms. The molecule has 1 fully saturated rings. The minimum atomic E-state index is -3.86. The van der Waals surface area contributed by atoms with Crippen molar-refractivity contribution in [1.29, 1.82) is 5.26 Å². The van der Waals surface area contributed by atoms with Gasteiger partial charge < -0.3 is 5.32 Å². The first-order valence-electron chi connectivity index (χ1n) is 9.31. The number of hydrogen-bond acceptors (Lipinski definition) is 7. The maximum atomic E-state index is 13.8. The molecule has 11 heteroatoms. The Morgan fingerprint density at radius 1 is 1.23 bits per heavy atom. The fourth-order valence-corrected chi connectivity index (χ4v) is 6.00. The van der Waals surface area contributed by atoms with Crippen molar-refractivity contribution >= 4 is 33.0 Å². The van der Waals surface area contributed by atoms with E-state index < -0.39 is 27.8 Å². The lowest BCUT2D eigenvalue weighted by Crippen LogP contribution is -2.30. The van der Waals surface area contributed by atoms with Crippen LogP contribution in [0.5, 0.6) is 0 Å². The van der Waals surface area contributed by atoms with Gasteiger partial charge in [-0.3, -0.25) is 4.79 Å². The standard InChI is InChI=1S/C20H16FN5O3S2/c21-15-7-1-2-8-16(15)23-18(27)20-25-24-19(30-20)17-9-4-10-26(17)31(28,29)14-6-3-5-13(11-14)12-22/h1-3,5-8,11,17H,4,9-10H2,(H,23,27)/t17-/m1/s1. The molecule has 31 heavy (non-hydrogen) atoms. The molecule has 158 valence electrons. The summed E-state index contributed by atoms with van der Waals surface area (Å²) in [7, 11) is -3.86.